The Bertz CT molecular complexity index is 639. The minimum absolute atomic E-state index is 0.0620. The summed E-state index contributed by atoms with van der Waals surface area (Å²) in [7, 11) is -1.21. The summed E-state index contributed by atoms with van der Waals surface area (Å²) in [6.07, 6.45) is 0.786. The molecule has 1 fully saturated rings. The monoisotopic (exact) mass is 339 g/mol. The second-order valence-electron chi connectivity index (χ2n) is 5.98. The second kappa shape index (κ2) is 7.68. The van der Waals surface area contributed by atoms with E-state index in [1.165, 1.54) is 0 Å². The number of hydrogen-bond donors (Lipinski definition) is 2. The molecule has 1 atom stereocenters. The fraction of sp³-hybridized carbons (Fsp3) is 0.562. The van der Waals surface area contributed by atoms with Gasteiger partial charge in [0.25, 0.3) is 0 Å². The molecule has 23 heavy (non-hydrogen) atoms. The van der Waals surface area contributed by atoms with E-state index in [1.54, 1.807) is 7.05 Å². The number of sulfone groups is 1. The van der Waals surface area contributed by atoms with Crippen molar-refractivity contribution in [3.8, 4) is 5.75 Å². The molecule has 1 aliphatic heterocycles. The van der Waals surface area contributed by atoms with Crippen molar-refractivity contribution in [2.45, 2.75) is 39.0 Å². The highest BCUT2D eigenvalue weighted by atomic mass is 32.2. The standard InChI is InChI=1S/C16H25N3O3S/c1-12(2)22-15-6-4-13(5-7-15)10-18-16(17-3)19-14-8-9-23(20,21)11-14/h4-7,12,14H,8-11H2,1-3H3,(H2,17,18,19). The van der Waals surface area contributed by atoms with E-state index in [0.717, 1.165) is 11.3 Å². The molecule has 1 aromatic carbocycles. The molecule has 0 bridgehead atoms. The normalized spacial score (nSPS) is 20.5. The zero-order valence-corrected chi connectivity index (χ0v) is 14.7. The second-order valence-corrected chi connectivity index (χ2v) is 8.21. The Hall–Kier alpha value is -1.76. The lowest BCUT2D eigenvalue weighted by Crippen LogP contribution is -2.43. The number of nitrogens with zero attached hydrogens (tertiary/aromatic N) is 1. The molecule has 0 radical (unpaired) electrons. The summed E-state index contributed by atoms with van der Waals surface area (Å²) in [6.45, 7) is 4.60. The van der Waals surface area contributed by atoms with Gasteiger partial charge in [0.05, 0.1) is 17.6 Å². The van der Waals surface area contributed by atoms with E-state index >= 15 is 0 Å². The van der Waals surface area contributed by atoms with Crippen molar-refractivity contribution >= 4 is 15.8 Å². The molecular formula is C16H25N3O3S. The molecule has 0 saturated carbocycles. The number of guanidine groups is 1. The van der Waals surface area contributed by atoms with E-state index in [2.05, 4.69) is 15.6 Å². The quantitative estimate of drug-likeness (QED) is 0.625. The molecule has 7 heteroatoms. The highest BCUT2D eigenvalue weighted by Crippen LogP contribution is 2.14. The number of rotatable bonds is 5. The fourth-order valence-electron chi connectivity index (χ4n) is 2.44. The van der Waals surface area contributed by atoms with Gasteiger partial charge in [-0.1, -0.05) is 12.1 Å². The van der Waals surface area contributed by atoms with Crippen molar-refractivity contribution in [3.05, 3.63) is 29.8 Å². The molecule has 1 aromatic rings. The largest absolute Gasteiger partial charge is 0.491 e. The van der Waals surface area contributed by atoms with Crippen LogP contribution in [0.3, 0.4) is 0 Å². The van der Waals surface area contributed by atoms with Gasteiger partial charge in [0, 0.05) is 19.6 Å². The van der Waals surface area contributed by atoms with Crippen LogP contribution in [0.2, 0.25) is 0 Å². The molecular weight excluding hydrogens is 314 g/mol. The van der Waals surface area contributed by atoms with Gasteiger partial charge in [-0.2, -0.15) is 0 Å². The summed E-state index contributed by atoms with van der Waals surface area (Å²) in [5.74, 6) is 1.89. The van der Waals surface area contributed by atoms with Gasteiger partial charge < -0.3 is 15.4 Å². The van der Waals surface area contributed by atoms with E-state index in [4.69, 9.17) is 4.74 Å². The van der Waals surface area contributed by atoms with Gasteiger partial charge in [-0.3, -0.25) is 4.99 Å². The summed E-state index contributed by atoms with van der Waals surface area (Å²) >= 11 is 0. The van der Waals surface area contributed by atoms with E-state index in [0.29, 0.717) is 18.9 Å². The van der Waals surface area contributed by atoms with Gasteiger partial charge in [0.2, 0.25) is 0 Å². The van der Waals surface area contributed by atoms with Crippen molar-refractivity contribution in [2.24, 2.45) is 4.99 Å². The van der Waals surface area contributed by atoms with Crippen LogP contribution in [0, 0.1) is 0 Å². The van der Waals surface area contributed by atoms with Crippen molar-refractivity contribution in [2.75, 3.05) is 18.6 Å². The topological polar surface area (TPSA) is 79.8 Å². The van der Waals surface area contributed by atoms with Crippen LogP contribution in [0.5, 0.6) is 5.75 Å². The SMILES string of the molecule is CN=C(NCc1ccc(OC(C)C)cc1)NC1CCS(=O)(=O)C1. The Morgan fingerprint density at radius 1 is 1.35 bits per heavy atom. The highest BCUT2D eigenvalue weighted by molar-refractivity contribution is 7.91. The lowest BCUT2D eigenvalue weighted by atomic mass is 10.2. The average Bonchev–Trinajstić information content (AvgIpc) is 2.83. The van der Waals surface area contributed by atoms with Crippen LogP contribution in [0.1, 0.15) is 25.8 Å². The summed E-state index contributed by atoms with van der Waals surface area (Å²) in [5.41, 5.74) is 1.10. The van der Waals surface area contributed by atoms with Crippen molar-refractivity contribution < 1.29 is 13.2 Å². The number of ether oxygens (including phenoxy) is 1. The van der Waals surface area contributed by atoms with Gasteiger partial charge in [0.15, 0.2) is 15.8 Å². The van der Waals surface area contributed by atoms with Gasteiger partial charge in [-0.25, -0.2) is 8.42 Å². The molecule has 0 spiro atoms. The van der Waals surface area contributed by atoms with E-state index < -0.39 is 9.84 Å². The number of nitrogens with one attached hydrogen (secondary N) is 2. The van der Waals surface area contributed by atoms with Crippen LogP contribution in [-0.2, 0) is 16.4 Å². The van der Waals surface area contributed by atoms with Crippen LogP contribution in [0.25, 0.3) is 0 Å². The average molecular weight is 339 g/mol. The predicted molar refractivity (Wildman–Crippen MR) is 92.6 cm³/mol. The third-order valence-corrected chi connectivity index (χ3v) is 5.32. The third kappa shape index (κ3) is 5.74. The van der Waals surface area contributed by atoms with Crippen LogP contribution < -0.4 is 15.4 Å². The molecule has 0 amide bonds. The lowest BCUT2D eigenvalue weighted by molar-refractivity contribution is 0.242. The zero-order valence-electron chi connectivity index (χ0n) is 13.9. The number of aliphatic imine (C=N–C) groups is 1. The zero-order chi connectivity index (χ0) is 16.9. The fourth-order valence-corrected chi connectivity index (χ4v) is 4.11. The molecule has 2 rings (SSSR count). The maximum absolute atomic E-state index is 11.5. The molecule has 128 valence electrons. The minimum atomic E-state index is -2.89. The van der Waals surface area contributed by atoms with E-state index in [1.807, 2.05) is 38.1 Å². The highest BCUT2D eigenvalue weighted by Gasteiger charge is 2.28. The van der Waals surface area contributed by atoms with Crippen molar-refractivity contribution in [1.29, 1.82) is 0 Å². The van der Waals surface area contributed by atoms with Gasteiger partial charge in [-0.15, -0.1) is 0 Å². The third-order valence-electron chi connectivity index (χ3n) is 3.55. The van der Waals surface area contributed by atoms with Gasteiger partial charge in [0.1, 0.15) is 5.75 Å². The molecule has 2 N–H and O–H groups in total. The maximum Gasteiger partial charge on any atom is 0.191 e. The summed E-state index contributed by atoms with van der Waals surface area (Å²) in [4.78, 5) is 4.15. The first kappa shape index (κ1) is 17.6. The molecule has 1 unspecified atom stereocenters. The van der Waals surface area contributed by atoms with E-state index in [9.17, 15) is 8.42 Å². The van der Waals surface area contributed by atoms with Crippen LogP contribution >= 0.6 is 0 Å². The Kier molecular flexibility index (Phi) is 5.87. The first-order valence-electron chi connectivity index (χ1n) is 7.81. The Balaban J connectivity index is 1.83. The molecule has 6 nitrogen and oxygen atoms in total. The first-order chi connectivity index (χ1) is 10.9. The van der Waals surface area contributed by atoms with Crippen LogP contribution in [-0.4, -0.2) is 45.1 Å². The molecule has 1 aliphatic rings. The van der Waals surface area contributed by atoms with Crippen LogP contribution in [0.15, 0.2) is 29.3 Å². The number of hydrogen-bond acceptors (Lipinski definition) is 4. The predicted octanol–water partition coefficient (Wildman–Crippen LogP) is 1.33. The molecule has 0 aromatic heterocycles. The molecule has 1 saturated heterocycles. The summed E-state index contributed by atoms with van der Waals surface area (Å²) in [6, 6.07) is 7.82. The summed E-state index contributed by atoms with van der Waals surface area (Å²) < 4.78 is 28.6. The van der Waals surface area contributed by atoms with E-state index in [-0.39, 0.29) is 23.7 Å². The smallest absolute Gasteiger partial charge is 0.191 e. The van der Waals surface area contributed by atoms with Crippen molar-refractivity contribution in [1.82, 2.24) is 10.6 Å². The van der Waals surface area contributed by atoms with Crippen LogP contribution in [0.4, 0.5) is 0 Å². The minimum Gasteiger partial charge on any atom is -0.491 e. The van der Waals surface area contributed by atoms with Gasteiger partial charge in [-0.05, 0) is 38.0 Å². The number of benzene rings is 1. The lowest BCUT2D eigenvalue weighted by Gasteiger charge is -2.16. The first-order valence-corrected chi connectivity index (χ1v) is 9.63. The Morgan fingerprint density at radius 3 is 2.57 bits per heavy atom. The Labute approximate surface area is 138 Å². The maximum atomic E-state index is 11.5. The van der Waals surface area contributed by atoms with Crippen molar-refractivity contribution in [3.63, 3.8) is 0 Å². The summed E-state index contributed by atoms with van der Waals surface area (Å²) in [5, 5.41) is 6.37. The molecule has 0 aliphatic carbocycles. The Morgan fingerprint density at radius 2 is 2.04 bits per heavy atom. The molecule has 1 heterocycles. The van der Waals surface area contributed by atoms with Gasteiger partial charge >= 0.3 is 0 Å².